The number of benzene rings is 3. The zero-order chi connectivity index (χ0) is 25.9. The average Bonchev–Trinajstić information content (AvgIpc) is 3.38. The van der Waals surface area contributed by atoms with E-state index < -0.39 is 5.97 Å². The maximum atomic E-state index is 13.5. The van der Waals surface area contributed by atoms with E-state index in [4.69, 9.17) is 9.82 Å². The van der Waals surface area contributed by atoms with Gasteiger partial charge in [0.1, 0.15) is 12.4 Å². The van der Waals surface area contributed by atoms with E-state index in [9.17, 15) is 14.7 Å². The van der Waals surface area contributed by atoms with Crippen LogP contribution in [0.4, 0.5) is 5.69 Å². The number of aryl methyl sites for hydroxylation is 1. The minimum atomic E-state index is -1.24. The Labute approximate surface area is 243 Å². The van der Waals surface area contributed by atoms with Crippen LogP contribution in [0.5, 0.6) is 0 Å². The van der Waals surface area contributed by atoms with Crippen LogP contribution in [0.3, 0.4) is 0 Å². The number of carbonyl (C=O) groups excluding carboxylic acids is 2. The van der Waals surface area contributed by atoms with Crippen molar-refractivity contribution >= 4 is 34.3 Å². The molecule has 0 bridgehead atoms. The second-order valence-electron chi connectivity index (χ2n) is 9.46. The van der Waals surface area contributed by atoms with Crippen LogP contribution in [0, 0.1) is 5.92 Å². The largest absolute Gasteiger partial charge is 1.00 e. The van der Waals surface area contributed by atoms with Crippen molar-refractivity contribution in [2.75, 3.05) is 4.90 Å². The van der Waals surface area contributed by atoms with E-state index in [1.807, 2.05) is 42.5 Å². The second kappa shape index (κ2) is 11.9. The van der Waals surface area contributed by atoms with E-state index in [0.29, 0.717) is 18.0 Å². The third-order valence-electron chi connectivity index (χ3n) is 6.44. The third-order valence-corrected chi connectivity index (χ3v) is 6.44. The van der Waals surface area contributed by atoms with Crippen molar-refractivity contribution in [3.8, 4) is 0 Å². The van der Waals surface area contributed by atoms with Gasteiger partial charge in [-0.05, 0) is 41.7 Å². The molecule has 0 radical (unpaired) electrons. The Hall–Kier alpha value is -3.46. The number of fused-ring (bicyclic) bond motifs is 2. The molecule has 0 unspecified atom stereocenters. The van der Waals surface area contributed by atoms with Gasteiger partial charge in [0.2, 0.25) is 0 Å². The van der Waals surface area contributed by atoms with Gasteiger partial charge in [-0.1, -0.05) is 73.6 Å². The molecular weight excluding hydrogens is 491 g/mol. The summed E-state index contributed by atoms with van der Waals surface area (Å²) >= 11 is 0. The first kappa shape index (κ1) is 27.6. The SMILES string of the molecule is CC(C)CCn1c(CN2C(=O)C(=NOCc3ccc(C(=O)[O-])cc3)c3ccccc32)nc2ccccc21.[Na+]. The van der Waals surface area contributed by atoms with Crippen LogP contribution >= 0.6 is 0 Å². The zero-order valence-corrected chi connectivity index (χ0v) is 23.8. The van der Waals surface area contributed by atoms with Crippen molar-refractivity contribution in [1.29, 1.82) is 0 Å². The first-order valence-corrected chi connectivity index (χ1v) is 12.3. The maximum Gasteiger partial charge on any atom is 1.00 e. The molecule has 1 aromatic heterocycles. The van der Waals surface area contributed by atoms with Gasteiger partial charge in [0, 0.05) is 12.1 Å². The van der Waals surface area contributed by atoms with Gasteiger partial charge in [-0.15, -0.1) is 0 Å². The molecule has 1 aliphatic rings. The summed E-state index contributed by atoms with van der Waals surface area (Å²) in [6.07, 6.45) is 1.00. The molecule has 3 aromatic carbocycles. The molecule has 2 heterocycles. The van der Waals surface area contributed by atoms with Crippen LogP contribution < -0.4 is 39.6 Å². The van der Waals surface area contributed by atoms with E-state index in [1.165, 1.54) is 12.1 Å². The maximum absolute atomic E-state index is 13.5. The standard InChI is InChI=1S/C29H28N4O4.Na/c1-19(2)15-16-32-25-10-6-4-8-23(25)30-26(32)17-33-24-9-5-3-7-22(24)27(28(33)34)31-37-18-20-11-13-21(14-12-20)29(35)36;/h3-14,19H,15-18H2,1-2H3,(H,35,36);/q;+1/p-1. The minimum absolute atomic E-state index is 0. The molecule has 4 aromatic rings. The van der Waals surface area contributed by atoms with Gasteiger partial charge in [-0.2, -0.15) is 0 Å². The van der Waals surface area contributed by atoms with Gasteiger partial charge in [-0.25, -0.2) is 4.98 Å². The number of rotatable bonds is 9. The van der Waals surface area contributed by atoms with Crippen LogP contribution in [0.2, 0.25) is 0 Å². The number of amides is 1. The molecule has 1 aliphatic heterocycles. The number of imidazole rings is 1. The number of aromatic carboxylic acids is 1. The molecular formula is C29H27N4NaO4. The topological polar surface area (TPSA) is 99.8 Å². The minimum Gasteiger partial charge on any atom is -0.545 e. The summed E-state index contributed by atoms with van der Waals surface area (Å²) in [5.74, 6) is -0.133. The predicted octanol–water partition coefficient (Wildman–Crippen LogP) is 0.918. The molecule has 38 heavy (non-hydrogen) atoms. The molecule has 8 nitrogen and oxygen atoms in total. The van der Waals surface area contributed by atoms with Crippen molar-refractivity contribution < 1.29 is 49.1 Å². The van der Waals surface area contributed by atoms with Crippen LogP contribution in [-0.4, -0.2) is 27.1 Å². The van der Waals surface area contributed by atoms with Crippen molar-refractivity contribution in [3.05, 3.63) is 95.3 Å². The molecule has 9 heteroatoms. The molecule has 1 amide bonds. The van der Waals surface area contributed by atoms with Crippen molar-refractivity contribution in [2.24, 2.45) is 11.1 Å². The monoisotopic (exact) mass is 518 g/mol. The number of para-hydroxylation sites is 3. The van der Waals surface area contributed by atoms with Gasteiger partial charge in [-0.3, -0.25) is 9.69 Å². The Balaban J connectivity index is 0.00000336. The molecule has 0 atom stereocenters. The Morgan fingerprint density at radius 1 is 1.03 bits per heavy atom. The van der Waals surface area contributed by atoms with Crippen LogP contribution in [0.25, 0.3) is 11.0 Å². The summed E-state index contributed by atoms with van der Waals surface area (Å²) in [5, 5.41) is 15.1. The summed E-state index contributed by atoms with van der Waals surface area (Å²) in [5.41, 5.74) is 4.46. The van der Waals surface area contributed by atoms with Crippen molar-refractivity contribution in [3.63, 3.8) is 0 Å². The van der Waals surface area contributed by atoms with Gasteiger partial charge in [0.05, 0.1) is 29.2 Å². The number of aromatic nitrogens is 2. The average molecular weight is 519 g/mol. The summed E-state index contributed by atoms with van der Waals surface area (Å²) in [4.78, 5) is 36.5. The van der Waals surface area contributed by atoms with Crippen LogP contribution in [0.1, 0.15) is 47.6 Å². The Morgan fingerprint density at radius 3 is 2.47 bits per heavy atom. The molecule has 0 saturated carbocycles. The molecule has 0 saturated heterocycles. The molecule has 0 spiro atoms. The second-order valence-corrected chi connectivity index (χ2v) is 9.46. The fourth-order valence-electron chi connectivity index (χ4n) is 4.44. The Bertz CT molecular complexity index is 1490. The van der Waals surface area contributed by atoms with E-state index in [0.717, 1.165) is 41.1 Å². The number of oxime groups is 1. The fourth-order valence-corrected chi connectivity index (χ4v) is 4.44. The fraction of sp³-hybridized carbons (Fsp3) is 0.241. The summed E-state index contributed by atoms with van der Waals surface area (Å²) in [6.45, 7) is 5.61. The Morgan fingerprint density at radius 2 is 1.74 bits per heavy atom. The van der Waals surface area contributed by atoms with E-state index >= 15 is 0 Å². The third kappa shape index (κ3) is 5.67. The number of nitrogens with zero attached hydrogens (tertiary/aromatic N) is 4. The van der Waals surface area contributed by atoms with Crippen molar-refractivity contribution in [1.82, 2.24) is 9.55 Å². The van der Waals surface area contributed by atoms with E-state index in [-0.39, 0.29) is 53.3 Å². The quantitative estimate of drug-likeness (QED) is 0.242. The summed E-state index contributed by atoms with van der Waals surface area (Å²) in [6, 6.07) is 21.7. The van der Waals surface area contributed by atoms with Gasteiger partial charge < -0.3 is 19.3 Å². The molecule has 0 fully saturated rings. The van der Waals surface area contributed by atoms with Gasteiger partial charge in [0.15, 0.2) is 5.71 Å². The van der Waals surface area contributed by atoms with Gasteiger partial charge in [0.25, 0.3) is 5.91 Å². The number of anilines is 1. The summed E-state index contributed by atoms with van der Waals surface area (Å²) in [7, 11) is 0. The molecule has 0 aliphatic carbocycles. The zero-order valence-electron chi connectivity index (χ0n) is 21.8. The van der Waals surface area contributed by atoms with E-state index in [2.05, 4.69) is 29.6 Å². The molecule has 5 rings (SSSR count). The number of carbonyl (C=O) groups is 2. The van der Waals surface area contributed by atoms with Crippen LogP contribution in [0.15, 0.2) is 78.0 Å². The smallest absolute Gasteiger partial charge is 0.545 e. The summed E-state index contributed by atoms with van der Waals surface area (Å²) < 4.78 is 2.20. The molecule has 188 valence electrons. The van der Waals surface area contributed by atoms with Crippen molar-refractivity contribution in [2.45, 2.75) is 40.0 Å². The Kier molecular flexibility index (Phi) is 8.66. The number of hydrogen-bond donors (Lipinski definition) is 0. The molecule has 0 N–H and O–H groups in total. The number of carboxylic acid groups (broad SMARTS) is 1. The normalized spacial score (nSPS) is 13.7. The number of hydrogen-bond acceptors (Lipinski definition) is 6. The van der Waals surface area contributed by atoms with Gasteiger partial charge >= 0.3 is 29.6 Å². The number of carboxylic acids is 1. The van der Waals surface area contributed by atoms with Crippen LogP contribution in [-0.2, 0) is 29.3 Å². The predicted molar refractivity (Wildman–Crippen MR) is 139 cm³/mol. The van der Waals surface area contributed by atoms with E-state index in [1.54, 1.807) is 17.0 Å². The first-order chi connectivity index (χ1) is 17.9. The first-order valence-electron chi connectivity index (χ1n) is 12.3.